The molecule has 0 spiro atoms. The van der Waals surface area contributed by atoms with Gasteiger partial charge in [0.25, 0.3) is 0 Å². The molecule has 0 saturated carbocycles. The second kappa shape index (κ2) is 7.74. The molecule has 3 rings (SSSR count). The maximum Gasteiger partial charge on any atom is 0.336 e. The van der Waals surface area contributed by atoms with Crippen molar-refractivity contribution in [3.8, 4) is 11.5 Å². The molecular weight excluding hydrogens is 334 g/mol. The third-order valence-electron chi connectivity index (χ3n) is 4.04. The van der Waals surface area contributed by atoms with Crippen LogP contribution in [0.1, 0.15) is 11.1 Å². The largest absolute Gasteiger partial charge is 0.497 e. The Balaban J connectivity index is 1.73. The molecule has 0 fully saturated rings. The van der Waals surface area contributed by atoms with E-state index in [1.165, 1.54) is 13.2 Å². The fraction of sp³-hybridized carbons (Fsp3) is 0.200. The van der Waals surface area contributed by atoms with Crippen LogP contribution in [-0.2, 0) is 17.8 Å². The van der Waals surface area contributed by atoms with Gasteiger partial charge in [0.05, 0.1) is 20.6 Å². The number of hydrogen-bond acceptors (Lipinski definition) is 5. The smallest absolute Gasteiger partial charge is 0.336 e. The number of methoxy groups -OCH3 is 2. The van der Waals surface area contributed by atoms with Gasteiger partial charge >= 0.3 is 5.63 Å². The van der Waals surface area contributed by atoms with Crippen molar-refractivity contribution in [2.45, 2.75) is 13.0 Å². The molecule has 6 nitrogen and oxygen atoms in total. The summed E-state index contributed by atoms with van der Waals surface area (Å²) >= 11 is 0. The van der Waals surface area contributed by atoms with E-state index in [2.05, 4.69) is 5.32 Å². The summed E-state index contributed by atoms with van der Waals surface area (Å²) in [7, 11) is 3.14. The first-order valence-electron chi connectivity index (χ1n) is 8.09. The Kier molecular flexibility index (Phi) is 5.22. The third-order valence-corrected chi connectivity index (χ3v) is 4.04. The second-order valence-electron chi connectivity index (χ2n) is 5.75. The normalized spacial score (nSPS) is 10.5. The first-order chi connectivity index (χ1) is 12.6. The number of nitrogens with one attached hydrogen (secondary N) is 1. The van der Waals surface area contributed by atoms with Crippen LogP contribution in [0.5, 0.6) is 11.5 Å². The Morgan fingerprint density at radius 1 is 1.00 bits per heavy atom. The molecular formula is C20H19NO5. The number of ether oxygens (including phenoxy) is 2. The van der Waals surface area contributed by atoms with Crippen LogP contribution in [0.3, 0.4) is 0 Å². The molecule has 0 aliphatic heterocycles. The van der Waals surface area contributed by atoms with Gasteiger partial charge in [-0.25, -0.2) is 4.79 Å². The highest BCUT2D eigenvalue weighted by molar-refractivity contribution is 5.87. The summed E-state index contributed by atoms with van der Waals surface area (Å²) in [6, 6.07) is 14.0. The number of carbonyl (C=O) groups excluding carboxylic acids is 1. The van der Waals surface area contributed by atoms with Crippen LogP contribution >= 0.6 is 0 Å². The van der Waals surface area contributed by atoms with Gasteiger partial charge in [-0.05, 0) is 35.4 Å². The van der Waals surface area contributed by atoms with Gasteiger partial charge in [0.15, 0.2) is 0 Å². The highest BCUT2D eigenvalue weighted by Gasteiger charge is 2.11. The molecule has 1 amide bonds. The number of amides is 1. The van der Waals surface area contributed by atoms with Gasteiger partial charge < -0.3 is 19.2 Å². The molecule has 1 heterocycles. The van der Waals surface area contributed by atoms with E-state index in [4.69, 9.17) is 13.9 Å². The minimum absolute atomic E-state index is 0.0879. The number of hydrogen-bond donors (Lipinski definition) is 1. The zero-order valence-electron chi connectivity index (χ0n) is 14.6. The highest BCUT2D eigenvalue weighted by atomic mass is 16.5. The average molecular weight is 353 g/mol. The van der Waals surface area contributed by atoms with Crippen molar-refractivity contribution in [1.82, 2.24) is 5.32 Å². The van der Waals surface area contributed by atoms with Crippen LogP contribution in [0.4, 0.5) is 0 Å². The quantitative estimate of drug-likeness (QED) is 0.690. The van der Waals surface area contributed by atoms with Gasteiger partial charge in [-0.15, -0.1) is 0 Å². The van der Waals surface area contributed by atoms with Crippen LogP contribution in [-0.4, -0.2) is 20.1 Å². The van der Waals surface area contributed by atoms with Crippen LogP contribution in [0.25, 0.3) is 11.0 Å². The molecule has 6 heteroatoms. The number of fused-ring (bicyclic) bond motifs is 1. The Bertz CT molecular complexity index is 976. The van der Waals surface area contributed by atoms with E-state index < -0.39 is 5.63 Å². The maximum absolute atomic E-state index is 12.3. The summed E-state index contributed by atoms with van der Waals surface area (Å²) in [4.78, 5) is 24.1. The molecule has 0 atom stereocenters. The molecule has 3 aromatic rings. The van der Waals surface area contributed by atoms with E-state index >= 15 is 0 Å². The zero-order chi connectivity index (χ0) is 18.5. The number of rotatable bonds is 6. The molecule has 0 aliphatic rings. The van der Waals surface area contributed by atoms with Crippen molar-refractivity contribution in [2.75, 3.05) is 14.2 Å². The van der Waals surface area contributed by atoms with E-state index in [1.807, 2.05) is 24.3 Å². The molecule has 26 heavy (non-hydrogen) atoms. The Morgan fingerprint density at radius 3 is 2.38 bits per heavy atom. The lowest BCUT2D eigenvalue weighted by Gasteiger charge is -2.08. The zero-order valence-corrected chi connectivity index (χ0v) is 14.6. The van der Waals surface area contributed by atoms with Crippen LogP contribution in [0.15, 0.2) is 57.7 Å². The maximum atomic E-state index is 12.3. The monoisotopic (exact) mass is 353 g/mol. The summed E-state index contributed by atoms with van der Waals surface area (Å²) in [5, 5.41) is 3.57. The lowest BCUT2D eigenvalue weighted by Crippen LogP contribution is -2.25. The Morgan fingerprint density at radius 2 is 1.69 bits per heavy atom. The van der Waals surface area contributed by atoms with Crippen LogP contribution in [0, 0.1) is 0 Å². The van der Waals surface area contributed by atoms with Crippen LogP contribution < -0.4 is 20.4 Å². The average Bonchev–Trinajstić information content (AvgIpc) is 2.66. The fourth-order valence-electron chi connectivity index (χ4n) is 2.66. The fourth-order valence-corrected chi connectivity index (χ4v) is 2.66. The van der Waals surface area contributed by atoms with E-state index in [9.17, 15) is 9.59 Å². The first kappa shape index (κ1) is 17.5. The standard InChI is InChI=1S/C20H19NO5/c1-24-15-5-3-13(4-6-15)12-21-19(22)9-14-10-20(23)26-18-11-16(25-2)7-8-17(14)18/h3-8,10-11H,9,12H2,1-2H3,(H,21,22). The Hall–Kier alpha value is -3.28. The molecule has 1 N–H and O–H groups in total. The number of benzene rings is 2. The van der Waals surface area contributed by atoms with E-state index in [-0.39, 0.29) is 12.3 Å². The minimum atomic E-state index is -0.497. The Labute approximate surface area is 150 Å². The van der Waals surface area contributed by atoms with Gasteiger partial charge in [-0.3, -0.25) is 4.79 Å². The van der Waals surface area contributed by atoms with E-state index in [0.29, 0.717) is 28.8 Å². The topological polar surface area (TPSA) is 77.8 Å². The minimum Gasteiger partial charge on any atom is -0.497 e. The summed E-state index contributed by atoms with van der Waals surface area (Å²) in [6.45, 7) is 0.399. The van der Waals surface area contributed by atoms with Crippen LogP contribution in [0.2, 0.25) is 0 Å². The predicted octanol–water partition coefficient (Wildman–Crippen LogP) is 2.67. The van der Waals surface area contributed by atoms with Gasteiger partial charge in [0.1, 0.15) is 17.1 Å². The van der Waals surface area contributed by atoms with Gasteiger partial charge in [-0.1, -0.05) is 12.1 Å². The van der Waals surface area contributed by atoms with Crippen molar-refractivity contribution >= 4 is 16.9 Å². The predicted molar refractivity (Wildman–Crippen MR) is 97.6 cm³/mol. The summed E-state index contributed by atoms with van der Waals surface area (Å²) in [5.74, 6) is 1.17. The lowest BCUT2D eigenvalue weighted by molar-refractivity contribution is -0.120. The van der Waals surface area contributed by atoms with Gasteiger partial charge in [-0.2, -0.15) is 0 Å². The highest BCUT2D eigenvalue weighted by Crippen LogP contribution is 2.22. The molecule has 2 aromatic carbocycles. The van der Waals surface area contributed by atoms with Crippen molar-refractivity contribution in [3.63, 3.8) is 0 Å². The number of carbonyl (C=O) groups is 1. The summed E-state index contributed by atoms with van der Waals surface area (Å²) in [6.07, 6.45) is 0.0879. The van der Waals surface area contributed by atoms with Crippen molar-refractivity contribution < 1.29 is 18.7 Å². The van der Waals surface area contributed by atoms with Gasteiger partial charge in [0, 0.05) is 24.1 Å². The third kappa shape index (κ3) is 4.03. The summed E-state index contributed by atoms with van der Waals surface area (Å²) in [5.41, 5.74) is 1.48. The molecule has 134 valence electrons. The molecule has 0 bridgehead atoms. The molecule has 1 aromatic heterocycles. The van der Waals surface area contributed by atoms with Crippen molar-refractivity contribution in [2.24, 2.45) is 0 Å². The first-order valence-corrected chi connectivity index (χ1v) is 8.09. The van der Waals surface area contributed by atoms with Crippen molar-refractivity contribution in [1.29, 1.82) is 0 Å². The van der Waals surface area contributed by atoms with E-state index in [1.54, 1.807) is 25.3 Å². The lowest BCUT2D eigenvalue weighted by atomic mass is 10.1. The second-order valence-corrected chi connectivity index (χ2v) is 5.75. The molecule has 0 unspecified atom stereocenters. The summed E-state index contributed by atoms with van der Waals surface area (Å²) < 4.78 is 15.4. The molecule has 0 radical (unpaired) electrons. The molecule has 0 aliphatic carbocycles. The SMILES string of the molecule is COc1ccc(CNC(=O)Cc2cc(=O)oc3cc(OC)ccc23)cc1. The van der Waals surface area contributed by atoms with E-state index in [0.717, 1.165) is 11.3 Å². The van der Waals surface area contributed by atoms with Gasteiger partial charge in [0.2, 0.25) is 5.91 Å². The molecule has 0 saturated heterocycles. The van der Waals surface area contributed by atoms with Crippen molar-refractivity contribution in [3.05, 3.63) is 70.1 Å².